The molecule has 7 nitrogen and oxygen atoms in total. The Kier molecular flexibility index (Phi) is 6.07. The highest BCUT2D eigenvalue weighted by Gasteiger charge is 2.28. The Bertz CT molecular complexity index is 1020. The lowest BCUT2D eigenvalue weighted by atomic mass is 9.94. The summed E-state index contributed by atoms with van der Waals surface area (Å²) < 4.78 is 11.0. The van der Waals surface area contributed by atoms with E-state index in [1.54, 1.807) is 18.3 Å². The van der Waals surface area contributed by atoms with Crippen LogP contribution < -0.4 is 4.74 Å². The Balaban J connectivity index is 1.44. The molecule has 1 amide bonds. The van der Waals surface area contributed by atoms with Crippen LogP contribution in [0.2, 0.25) is 0 Å². The van der Waals surface area contributed by atoms with Gasteiger partial charge in [0.15, 0.2) is 0 Å². The lowest BCUT2D eigenvalue weighted by Gasteiger charge is -2.32. The van der Waals surface area contributed by atoms with E-state index in [-0.39, 0.29) is 11.8 Å². The lowest BCUT2D eigenvalue weighted by molar-refractivity contribution is 0.0663. The smallest absolute Gasteiger partial charge is 0.259 e. The van der Waals surface area contributed by atoms with Crippen LogP contribution in [0.25, 0.3) is 11.4 Å². The van der Waals surface area contributed by atoms with Crippen LogP contribution in [0.1, 0.15) is 41.6 Å². The summed E-state index contributed by atoms with van der Waals surface area (Å²) >= 11 is 0. The molecule has 0 aliphatic carbocycles. The predicted octanol–water partition coefficient (Wildman–Crippen LogP) is 3.93. The first-order valence-corrected chi connectivity index (χ1v) is 10.4. The first kappa shape index (κ1) is 20.1. The van der Waals surface area contributed by atoms with Gasteiger partial charge in [0.2, 0.25) is 17.6 Å². The Morgan fingerprint density at radius 3 is 2.97 bits per heavy atom. The van der Waals surface area contributed by atoms with Crippen LogP contribution in [0, 0.1) is 12.8 Å². The van der Waals surface area contributed by atoms with Crippen LogP contribution in [0.3, 0.4) is 0 Å². The van der Waals surface area contributed by atoms with Crippen molar-refractivity contribution in [1.82, 2.24) is 20.0 Å². The first-order valence-electron chi connectivity index (χ1n) is 10.4. The van der Waals surface area contributed by atoms with Gasteiger partial charge in [-0.05, 0) is 50.3 Å². The normalized spacial score (nSPS) is 16.5. The van der Waals surface area contributed by atoms with Gasteiger partial charge in [-0.25, -0.2) is 4.98 Å². The zero-order chi connectivity index (χ0) is 20.9. The third-order valence-corrected chi connectivity index (χ3v) is 5.41. The number of aromatic nitrogens is 3. The van der Waals surface area contributed by atoms with Crippen LogP contribution in [-0.2, 0) is 6.42 Å². The fourth-order valence-corrected chi connectivity index (χ4v) is 3.91. The van der Waals surface area contributed by atoms with E-state index in [0.29, 0.717) is 42.7 Å². The summed E-state index contributed by atoms with van der Waals surface area (Å²) in [5, 5.41) is 4.16. The molecule has 30 heavy (non-hydrogen) atoms. The quantitative estimate of drug-likeness (QED) is 0.617. The van der Waals surface area contributed by atoms with Crippen molar-refractivity contribution in [3.63, 3.8) is 0 Å². The molecule has 0 saturated carbocycles. The number of ether oxygens (including phenoxy) is 1. The minimum Gasteiger partial charge on any atom is -0.477 e. The van der Waals surface area contributed by atoms with Crippen molar-refractivity contribution in [2.24, 2.45) is 5.92 Å². The summed E-state index contributed by atoms with van der Waals surface area (Å²) in [7, 11) is 0. The molecule has 1 fully saturated rings. The number of hydrogen-bond acceptors (Lipinski definition) is 6. The topological polar surface area (TPSA) is 81.4 Å². The number of amides is 1. The highest BCUT2D eigenvalue weighted by Crippen LogP contribution is 2.26. The SMILES string of the molecule is CCOc1ncccc1C(=O)N1CCCC(Cc2nc(-c3ccccc3C)no2)C1. The standard InChI is InChI=1S/C23H26N4O3/c1-3-29-22-19(11-6-12-24-22)23(28)27-13-7-9-17(15-27)14-20-25-21(26-30-20)18-10-5-4-8-16(18)2/h4-6,8,10-12,17H,3,7,9,13-15H2,1-2H3. The van der Waals surface area contributed by atoms with Gasteiger partial charge in [-0.1, -0.05) is 29.4 Å². The zero-order valence-electron chi connectivity index (χ0n) is 17.4. The molecule has 1 unspecified atom stereocenters. The Hall–Kier alpha value is -3.22. The molecule has 1 aliphatic rings. The molecular formula is C23H26N4O3. The Morgan fingerprint density at radius 1 is 1.27 bits per heavy atom. The second-order valence-electron chi connectivity index (χ2n) is 7.58. The molecule has 1 aliphatic heterocycles. The summed E-state index contributed by atoms with van der Waals surface area (Å²) in [6.45, 7) is 5.77. The molecule has 3 aromatic rings. The van der Waals surface area contributed by atoms with Crippen LogP contribution >= 0.6 is 0 Å². The molecule has 1 atom stereocenters. The van der Waals surface area contributed by atoms with E-state index in [9.17, 15) is 4.79 Å². The Labute approximate surface area is 176 Å². The molecule has 2 aromatic heterocycles. The summed E-state index contributed by atoms with van der Waals surface area (Å²) in [5.74, 6) is 1.86. The van der Waals surface area contributed by atoms with Crippen molar-refractivity contribution in [3.05, 3.63) is 59.6 Å². The lowest BCUT2D eigenvalue weighted by Crippen LogP contribution is -2.40. The molecule has 156 valence electrons. The van der Waals surface area contributed by atoms with Gasteiger partial charge in [0, 0.05) is 31.3 Å². The van der Waals surface area contributed by atoms with E-state index in [1.165, 1.54) is 0 Å². The monoisotopic (exact) mass is 406 g/mol. The third kappa shape index (κ3) is 4.35. The van der Waals surface area contributed by atoms with Crippen LogP contribution in [0.4, 0.5) is 0 Å². The van der Waals surface area contributed by atoms with E-state index in [2.05, 4.69) is 15.1 Å². The van der Waals surface area contributed by atoms with E-state index in [1.807, 2.05) is 43.0 Å². The Morgan fingerprint density at radius 2 is 2.13 bits per heavy atom. The van der Waals surface area contributed by atoms with E-state index < -0.39 is 0 Å². The highest BCUT2D eigenvalue weighted by atomic mass is 16.5. The van der Waals surface area contributed by atoms with Gasteiger partial charge in [0.1, 0.15) is 5.56 Å². The van der Waals surface area contributed by atoms with E-state index >= 15 is 0 Å². The first-order chi connectivity index (χ1) is 14.7. The van der Waals surface area contributed by atoms with Crippen LogP contribution in [0.15, 0.2) is 47.1 Å². The molecule has 7 heteroatoms. The zero-order valence-corrected chi connectivity index (χ0v) is 17.4. The second kappa shape index (κ2) is 9.07. The fraction of sp³-hybridized carbons (Fsp3) is 0.391. The molecule has 0 spiro atoms. The minimum absolute atomic E-state index is 0.0395. The van der Waals surface area contributed by atoms with Gasteiger partial charge in [-0.15, -0.1) is 0 Å². The number of rotatable bonds is 6. The maximum absolute atomic E-state index is 13.1. The van der Waals surface area contributed by atoms with Crippen molar-refractivity contribution >= 4 is 5.91 Å². The molecule has 1 aromatic carbocycles. The van der Waals surface area contributed by atoms with Crippen molar-refractivity contribution in [3.8, 4) is 17.3 Å². The molecule has 4 rings (SSSR count). The van der Waals surface area contributed by atoms with Gasteiger partial charge in [-0.2, -0.15) is 4.98 Å². The number of carbonyl (C=O) groups excluding carboxylic acids is 1. The maximum atomic E-state index is 13.1. The fourth-order valence-electron chi connectivity index (χ4n) is 3.91. The molecule has 0 radical (unpaired) electrons. The minimum atomic E-state index is -0.0395. The number of hydrogen-bond donors (Lipinski definition) is 0. The van der Waals surface area contributed by atoms with Crippen molar-refractivity contribution in [1.29, 1.82) is 0 Å². The number of carbonyl (C=O) groups is 1. The number of piperidine rings is 1. The van der Waals surface area contributed by atoms with Gasteiger partial charge in [0.05, 0.1) is 6.61 Å². The average Bonchev–Trinajstić information content (AvgIpc) is 3.22. The summed E-state index contributed by atoms with van der Waals surface area (Å²) in [4.78, 5) is 23.8. The van der Waals surface area contributed by atoms with Gasteiger partial charge in [0.25, 0.3) is 5.91 Å². The molecule has 0 bridgehead atoms. The van der Waals surface area contributed by atoms with Gasteiger partial charge in [-0.3, -0.25) is 4.79 Å². The molecule has 3 heterocycles. The van der Waals surface area contributed by atoms with E-state index in [4.69, 9.17) is 9.26 Å². The van der Waals surface area contributed by atoms with Crippen LogP contribution in [-0.4, -0.2) is 45.6 Å². The molecular weight excluding hydrogens is 380 g/mol. The van der Waals surface area contributed by atoms with Crippen molar-refractivity contribution in [2.75, 3.05) is 19.7 Å². The predicted molar refractivity (Wildman–Crippen MR) is 112 cm³/mol. The van der Waals surface area contributed by atoms with Gasteiger partial charge >= 0.3 is 0 Å². The number of nitrogens with zero attached hydrogens (tertiary/aromatic N) is 4. The number of pyridine rings is 1. The van der Waals surface area contributed by atoms with Crippen LogP contribution in [0.5, 0.6) is 5.88 Å². The second-order valence-corrected chi connectivity index (χ2v) is 7.58. The summed E-state index contributed by atoms with van der Waals surface area (Å²) in [5.41, 5.74) is 2.61. The average molecular weight is 406 g/mol. The summed E-state index contributed by atoms with van der Waals surface area (Å²) in [6.07, 6.45) is 4.27. The largest absolute Gasteiger partial charge is 0.477 e. The van der Waals surface area contributed by atoms with Crippen molar-refractivity contribution in [2.45, 2.75) is 33.1 Å². The number of aryl methyl sites for hydroxylation is 1. The maximum Gasteiger partial charge on any atom is 0.259 e. The van der Waals surface area contributed by atoms with Crippen molar-refractivity contribution < 1.29 is 14.1 Å². The van der Waals surface area contributed by atoms with Gasteiger partial charge < -0.3 is 14.2 Å². The summed E-state index contributed by atoms with van der Waals surface area (Å²) in [6, 6.07) is 11.5. The number of benzene rings is 1. The highest BCUT2D eigenvalue weighted by molar-refractivity contribution is 5.96. The third-order valence-electron chi connectivity index (χ3n) is 5.41. The molecule has 0 N–H and O–H groups in total. The van der Waals surface area contributed by atoms with E-state index in [0.717, 1.165) is 30.5 Å². The molecule has 1 saturated heterocycles. The number of likely N-dealkylation sites (tertiary alicyclic amines) is 1.